The Balaban J connectivity index is 1.67. The number of benzene rings is 1. The van der Waals surface area contributed by atoms with E-state index >= 15 is 0 Å². The van der Waals surface area contributed by atoms with Crippen molar-refractivity contribution in [2.45, 2.75) is 24.9 Å². The lowest BCUT2D eigenvalue weighted by Gasteiger charge is -2.25. The molecule has 0 bridgehead atoms. The molecule has 4 rings (SSSR count). The van der Waals surface area contributed by atoms with Crippen molar-refractivity contribution in [3.63, 3.8) is 0 Å². The van der Waals surface area contributed by atoms with E-state index in [-0.39, 0.29) is 23.7 Å². The molecule has 1 saturated carbocycles. The van der Waals surface area contributed by atoms with Crippen LogP contribution >= 0.6 is 0 Å². The zero-order chi connectivity index (χ0) is 16.8. The number of halogens is 1. The van der Waals surface area contributed by atoms with Crippen LogP contribution in [0.1, 0.15) is 36.2 Å². The molecule has 2 heterocycles. The van der Waals surface area contributed by atoms with E-state index in [0.717, 1.165) is 18.4 Å². The summed E-state index contributed by atoms with van der Waals surface area (Å²) in [6.07, 6.45) is 3.64. The molecule has 2 fully saturated rings. The number of amides is 3. The highest BCUT2D eigenvalue weighted by atomic mass is 19.1. The number of aromatic nitrogens is 2. The monoisotopic (exact) mass is 328 g/mol. The van der Waals surface area contributed by atoms with Crippen molar-refractivity contribution in [1.82, 2.24) is 20.0 Å². The quantitative estimate of drug-likeness (QED) is 0.876. The van der Waals surface area contributed by atoms with Crippen LogP contribution in [0.3, 0.4) is 0 Å². The molecule has 1 aliphatic carbocycles. The van der Waals surface area contributed by atoms with Gasteiger partial charge >= 0.3 is 6.03 Å². The van der Waals surface area contributed by atoms with Crippen LogP contribution in [0.15, 0.2) is 36.5 Å². The predicted octanol–water partition coefficient (Wildman–Crippen LogP) is 2.30. The average molecular weight is 328 g/mol. The third-order valence-electron chi connectivity index (χ3n) is 4.56. The SMILES string of the molecule is Cn1ccc([C@H]2NC(=O)N([C@@H](c3ccc(F)cc3)C3CC3)C2=O)n1. The van der Waals surface area contributed by atoms with Crippen LogP contribution in [0.2, 0.25) is 0 Å². The van der Waals surface area contributed by atoms with Crippen LogP contribution < -0.4 is 5.32 Å². The summed E-state index contributed by atoms with van der Waals surface area (Å²) < 4.78 is 14.8. The second-order valence-corrected chi connectivity index (χ2v) is 6.34. The molecule has 1 aromatic carbocycles. The number of urea groups is 1. The lowest BCUT2D eigenvalue weighted by Crippen LogP contribution is -2.36. The van der Waals surface area contributed by atoms with E-state index < -0.39 is 12.1 Å². The normalized spacial score (nSPS) is 21.9. The van der Waals surface area contributed by atoms with E-state index in [9.17, 15) is 14.0 Å². The second-order valence-electron chi connectivity index (χ2n) is 6.34. The lowest BCUT2D eigenvalue weighted by molar-refractivity contribution is -0.129. The predicted molar refractivity (Wildman–Crippen MR) is 83.2 cm³/mol. The van der Waals surface area contributed by atoms with Crippen LogP contribution in [0.25, 0.3) is 0 Å². The highest BCUT2D eigenvalue weighted by molar-refractivity contribution is 6.04. The molecule has 1 aromatic heterocycles. The van der Waals surface area contributed by atoms with Gasteiger partial charge in [0.2, 0.25) is 0 Å². The third-order valence-corrected chi connectivity index (χ3v) is 4.56. The zero-order valence-electron chi connectivity index (χ0n) is 13.1. The third kappa shape index (κ3) is 2.46. The van der Waals surface area contributed by atoms with Gasteiger partial charge in [-0.3, -0.25) is 14.4 Å². The molecule has 1 saturated heterocycles. The minimum absolute atomic E-state index is 0.229. The number of nitrogens with one attached hydrogen (secondary N) is 1. The van der Waals surface area contributed by atoms with Crippen LogP contribution in [-0.4, -0.2) is 26.6 Å². The van der Waals surface area contributed by atoms with Crippen molar-refractivity contribution in [3.8, 4) is 0 Å². The molecular weight excluding hydrogens is 311 g/mol. The van der Waals surface area contributed by atoms with Crippen molar-refractivity contribution in [2.24, 2.45) is 13.0 Å². The van der Waals surface area contributed by atoms with Crippen molar-refractivity contribution in [2.75, 3.05) is 0 Å². The van der Waals surface area contributed by atoms with Crippen LogP contribution in [-0.2, 0) is 11.8 Å². The second kappa shape index (κ2) is 5.43. The molecule has 24 heavy (non-hydrogen) atoms. The van der Waals surface area contributed by atoms with Gasteiger partial charge in [-0.15, -0.1) is 0 Å². The molecule has 124 valence electrons. The van der Waals surface area contributed by atoms with E-state index in [1.807, 2.05) is 0 Å². The minimum atomic E-state index is -0.764. The lowest BCUT2D eigenvalue weighted by atomic mass is 10.0. The maximum Gasteiger partial charge on any atom is 0.325 e. The Bertz CT molecular complexity index is 797. The fourth-order valence-corrected chi connectivity index (χ4v) is 3.25. The van der Waals surface area contributed by atoms with Gasteiger partial charge in [0, 0.05) is 13.2 Å². The Labute approximate surface area is 138 Å². The number of carbonyl (C=O) groups is 2. The first-order valence-corrected chi connectivity index (χ1v) is 7.93. The Morgan fingerprint density at radius 2 is 1.92 bits per heavy atom. The van der Waals surface area contributed by atoms with Gasteiger partial charge in [-0.05, 0) is 42.5 Å². The van der Waals surface area contributed by atoms with Gasteiger partial charge < -0.3 is 5.32 Å². The molecular formula is C17H17FN4O2. The van der Waals surface area contributed by atoms with Gasteiger partial charge in [0.15, 0.2) is 6.04 Å². The summed E-state index contributed by atoms with van der Waals surface area (Å²) >= 11 is 0. The molecule has 1 aliphatic heterocycles. The van der Waals surface area contributed by atoms with Crippen molar-refractivity contribution in [1.29, 1.82) is 0 Å². The molecule has 2 aromatic rings. The number of imide groups is 1. The standard InChI is InChI=1S/C17H17FN4O2/c1-21-9-8-13(20-21)14-16(23)22(17(24)19-14)15(10-2-3-10)11-4-6-12(18)7-5-11/h4-10,14-15H,2-3H2,1H3,(H,19,24)/t14-,15-/m1/s1. The molecule has 0 spiro atoms. The maximum atomic E-state index is 13.2. The number of nitrogens with zero attached hydrogens (tertiary/aromatic N) is 3. The van der Waals surface area contributed by atoms with E-state index in [4.69, 9.17) is 0 Å². The number of aryl methyl sites for hydroxylation is 1. The number of carbonyl (C=O) groups excluding carboxylic acids is 2. The first-order valence-electron chi connectivity index (χ1n) is 7.93. The summed E-state index contributed by atoms with van der Waals surface area (Å²) in [5.74, 6) is -0.413. The van der Waals surface area contributed by atoms with Gasteiger partial charge in [0.25, 0.3) is 5.91 Å². The van der Waals surface area contributed by atoms with Gasteiger partial charge in [-0.2, -0.15) is 5.10 Å². The van der Waals surface area contributed by atoms with Gasteiger partial charge in [-0.1, -0.05) is 12.1 Å². The summed E-state index contributed by atoms with van der Waals surface area (Å²) in [6.45, 7) is 0. The Morgan fingerprint density at radius 1 is 1.21 bits per heavy atom. The molecule has 2 aliphatic rings. The summed E-state index contributed by atoms with van der Waals surface area (Å²) in [5.41, 5.74) is 1.30. The van der Waals surface area contributed by atoms with E-state index in [1.165, 1.54) is 17.0 Å². The summed E-state index contributed by atoms with van der Waals surface area (Å²) in [6, 6.07) is 6.19. The summed E-state index contributed by atoms with van der Waals surface area (Å²) in [5, 5.41) is 6.94. The minimum Gasteiger partial charge on any atom is -0.320 e. The molecule has 0 radical (unpaired) electrons. The fourth-order valence-electron chi connectivity index (χ4n) is 3.25. The number of rotatable bonds is 4. The Morgan fingerprint density at radius 3 is 2.50 bits per heavy atom. The smallest absolute Gasteiger partial charge is 0.320 e. The summed E-state index contributed by atoms with van der Waals surface area (Å²) in [4.78, 5) is 26.6. The topological polar surface area (TPSA) is 67.2 Å². The molecule has 6 nitrogen and oxygen atoms in total. The van der Waals surface area contributed by atoms with Gasteiger partial charge in [0.05, 0.1) is 11.7 Å². The van der Waals surface area contributed by atoms with Crippen molar-refractivity contribution in [3.05, 3.63) is 53.6 Å². The van der Waals surface area contributed by atoms with Crippen LogP contribution in [0.5, 0.6) is 0 Å². The highest BCUT2D eigenvalue weighted by Crippen LogP contribution is 2.46. The number of hydrogen-bond donors (Lipinski definition) is 1. The molecule has 0 unspecified atom stereocenters. The van der Waals surface area contributed by atoms with Crippen molar-refractivity contribution >= 4 is 11.9 Å². The zero-order valence-corrected chi connectivity index (χ0v) is 13.1. The van der Waals surface area contributed by atoms with Crippen molar-refractivity contribution < 1.29 is 14.0 Å². The highest BCUT2D eigenvalue weighted by Gasteiger charge is 2.48. The van der Waals surface area contributed by atoms with E-state index in [1.54, 1.807) is 36.1 Å². The Hall–Kier alpha value is -2.70. The fraction of sp³-hybridized carbons (Fsp3) is 0.353. The molecule has 3 amide bonds. The summed E-state index contributed by atoms with van der Waals surface area (Å²) in [7, 11) is 1.76. The molecule has 7 heteroatoms. The number of hydrogen-bond acceptors (Lipinski definition) is 3. The first kappa shape index (κ1) is 14.9. The molecule has 2 atom stereocenters. The molecule has 1 N–H and O–H groups in total. The average Bonchev–Trinajstić information content (AvgIpc) is 3.24. The van der Waals surface area contributed by atoms with E-state index in [2.05, 4.69) is 10.4 Å². The maximum absolute atomic E-state index is 13.2. The van der Waals surface area contributed by atoms with Crippen LogP contribution in [0.4, 0.5) is 9.18 Å². The van der Waals surface area contributed by atoms with Crippen LogP contribution in [0, 0.1) is 11.7 Å². The largest absolute Gasteiger partial charge is 0.325 e. The first-order chi connectivity index (χ1) is 11.5. The van der Waals surface area contributed by atoms with Gasteiger partial charge in [0.1, 0.15) is 5.82 Å². The Kier molecular flexibility index (Phi) is 3.37. The van der Waals surface area contributed by atoms with Gasteiger partial charge in [-0.25, -0.2) is 9.18 Å². The van der Waals surface area contributed by atoms with E-state index in [0.29, 0.717) is 5.69 Å².